The van der Waals surface area contributed by atoms with Crippen LogP contribution in [0.1, 0.15) is 6.92 Å². The molecule has 0 saturated carbocycles. The van der Waals surface area contributed by atoms with E-state index in [9.17, 15) is 4.79 Å². The molecule has 138 valence electrons. The molecule has 1 fully saturated rings. The highest BCUT2D eigenvalue weighted by Crippen LogP contribution is 2.23. The summed E-state index contributed by atoms with van der Waals surface area (Å²) in [6.45, 7) is 5.26. The number of amides is 2. The second-order valence-electron chi connectivity index (χ2n) is 5.89. The molecule has 2 aromatic rings. The smallest absolute Gasteiger partial charge is 0.322 e. The number of rotatable bonds is 5. The van der Waals surface area contributed by atoms with Crippen LogP contribution in [0.15, 0.2) is 42.6 Å². The van der Waals surface area contributed by atoms with Crippen LogP contribution < -0.4 is 19.7 Å². The molecule has 2 amide bonds. The summed E-state index contributed by atoms with van der Waals surface area (Å²) in [5.41, 5.74) is 1.73. The summed E-state index contributed by atoms with van der Waals surface area (Å²) in [5.74, 6) is 1.29. The molecule has 1 aliphatic heterocycles. The number of carbonyl (C=O) groups is 1. The molecule has 1 aromatic carbocycles. The minimum absolute atomic E-state index is 0.131. The molecule has 26 heavy (non-hydrogen) atoms. The largest absolute Gasteiger partial charge is 0.497 e. The number of anilines is 2. The van der Waals surface area contributed by atoms with Gasteiger partial charge in [0.05, 0.1) is 13.7 Å². The third kappa shape index (κ3) is 4.17. The van der Waals surface area contributed by atoms with Gasteiger partial charge in [0.2, 0.25) is 5.88 Å². The van der Waals surface area contributed by atoms with Crippen molar-refractivity contribution in [2.24, 2.45) is 0 Å². The fraction of sp³-hybridized carbons (Fsp3) is 0.368. The quantitative estimate of drug-likeness (QED) is 0.892. The van der Waals surface area contributed by atoms with E-state index in [1.807, 2.05) is 36.1 Å². The summed E-state index contributed by atoms with van der Waals surface area (Å²) in [7, 11) is 1.66. The molecule has 0 radical (unpaired) electrons. The number of nitrogens with zero attached hydrogens (tertiary/aromatic N) is 3. The number of nitrogens with one attached hydrogen (secondary N) is 1. The topological polar surface area (TPSA) is 66.9 Å². The molecule has 3 rings (SSSR count). The van der Waals surface area contributed by atoms with Crippen molar-refractivity contribution in [3.63, 3.8) is 0 Å². The molecule has 7 heteroatoms. The van der Waals surface area contributed by atoms with Gasteiger partial charge < -0.3 is 24.6 Å². The molecular formula is C19H24N4O3. The number of aromatic nitrogens is 1. The third-order valence-electron chi connectivity index (χ3n) is 4.30. The Morgan fingerprint density at radius 2 is 1.88 bits per heavy atom. The van der Waals surface area contributed by atoms with Gasteiger partial charge in [0.25, 0.3) is 0 Å². The first-order chi connectivity index (χ1) is 12.7. The number of carbonyl (C=O) groups excluding carboxylic acids is 1. The van der Waals surface area contributed by atoms with Crippen molar-refractivity contribution in [1.82, 2.24) is 9.88 Å². The number of hydrogen-bond acceptors (Lipinski definition) is 5. The zero-order chi connectivity index (χ0) is 18.4. The highest BCUT2D eigenvalue weighted by atomic mass is 16.5. The predicted octanol–water partition coefficient (Wildman–Crippen LogP) is 2.84. The summed E-state index contributed by atoms with van der Waals surface area (Å²) in [4.78, 5) is 20.8. The van der Waals surface area contributed by atoms with Crippen molar-refractivity contribution in [2.45, 2.75) is 6.92 Å². The highest BCUT2D eigenvalue weighted by molar-refractivity contribution is 5.90. The van der Waals surface area contributed by atoms with Crippen LogP contribution in [0.3, 0.4) is 0 Å². The van der Waals surface area contributed by atoms with Gasteiger partial charge in [-0.2, -0.15) is 0 Å². The summed E-state index contributed by atoms with van der Waals surface area (Å²) in [6.07, 6.45) is 1.65. The number of methoxy groups -OCH3 is 1. The lowest BCUT2D eigenvalue weighted by atomic mass is 10.2. The molecule has 0 unspecified atom stereocenters. The fourth-order valence-corrected chi connectivity index (χ4v) is 2.89. The lowest BCUT2D eigenvalue weighted by Gasteiger charge is -2.36. The predicted molar refractivity (Wildman–Crippen MR) is 101 cm³/mol. The molecule has 1 N–H and O–H groups in total. The lowest BCUT2D eigenvalue weighted by Crippen LogP contribution is -2.50. The molecule has 0 spiro atoms. The van der Waals surface area contributed by atoms with Crippen LogP contribution >= 0.6 is 0 Å². The van der Waals surface area contributed by atoms with E-state index in [1.165, 1.54) is 0 Å². The van der Waals surface area contributed by atoms with Gasteiger partial charge >= 0.3 is 6.03 Å². The molecule has 0 bridgehead atoms. The Balaban J connectivity index is 1.56. The van der Waals surface area contributed by atoms with E-state index in [1.54, 1.807) is 25.4 Å². The first-order valence-corrected chi connectivity index (χ1v) is 8.74. The summed E-state index contributed by atoms with van der Waals surface area (Å²) in [5, 5.41) is 2.90. The Morgan fingerprint density at radius 1 is 1.15 bits per heavy atom. The van der Waals surface area contributed by atoms with Crippen molar-refractivity contribution in [3.05, 3.63) is 42.6 Å². The Bertz CT molecular complexity index is 728. The Kier molecular flexibility index (Phi) is 5.78. The van der Waals surface area contributed by atoms with Crippen LogP contribution in [0.2, 0.25) is 0 Å². The number of hydrogen-bond donors (Lipinski definition) is 1. The van der Waals surface area contributed by atoms with Crippen LogP contribution in [0.4, 0.5) is 16.2 Å². The maximum absolute atomic E-state index is 12.5. The Hall–Kier alpha value is -2.96. The fourth-order valence-electron chi connectivity index (χ4n) is 2.89. The van der Waals surface area contributed by atoms with Crippen molar-refractivity contribution in [2.75, 3.05) is 50.1 Å². The minimum atomic E-state index is -0.131. The number of pyridine rings is 1. The van der Waals surface area contributed by atoms with Crippen molar-refractivity contribution < 1.29 is 14.3 Å². The van der Waals surface area contributed by atoms with Crippen LogP contribution in [-0.2, 0) is 0 Å². The van der Waals surface area contributed by atoms with Gasteiger partial charge in [-0.15, -0.1) is 0 Å². The lowest BCUT2D eigenvalue weighted by molar-refractivity contribution is 0.208. The summed E-state index contributed by atoms with van der Waals surface area (Å²) in [6, 6.07) is 11.4. The van der Waals surface area contributed by atoms with E-state index in [0.717, 1.165) is 24.5 Å². The van der Waals surface area contributed by atoms with Crippen LogP contribution in [0, 0.1) is 0 Å². The van der Waals surface area contributed by atoms with Crippen LogP contribution in [0.25, 0.3) is 0 Å². The third-order valence-corrected chi connectivity index (χ3v) is 4.30. The molecule has 0 atom stereocenters. The Morgan fingerprint density at radius 3 is 2.54 bits per heavy atom. The maximum atomic E-state index is 12.5. The van der Waals surface area contributed by atoms with Crippen molar-refractivity contribution in [3.8, 4) is 11.6 Å². The SMILES string of the molecule is CCOc1ncccc1NC(=O)N1CCN(c2ccc(OC)cc2)CC1. The first-order valence-electron chi connectivity index (χ1n) is 8.74. The maximum Gasteiger partial charge on any atom is 0.322 e. The standard InChI is InChI=1S/C19H24N4O3/c1-3-26-18-17(5-4-10-20-18)21-19(24)23-13-11-22(12-14-23)15-6-8-16(25-2)9-7-15/h4-10H,3,11-14H2,1-2H3,(H,21,24). The van der Waals surface area contributed by atoms with E-state index in [0.29, 0.717) is 31.3 Å². The van der Waals surface area contributed by atoms with Gasteiger partial charge in [0, 0.05) is 38.1 Å². The Labute approximate surface area is 153 Å². The molecular weight excluding hydrogens is 332 g/mol. The van der Waals surface area contributed by atoms with E-state index >= 15 is 0 Å². The van der Waals surface area contributed by atoms with Gasteiger partial charge in [-0.05, 0) is 43.3 Å². The van der Waals surface area contributed by atoms with E-state index in [4.69, 9.17) is 9.47 Å². The molecule has 1 aromatic heterocycles. The van der Waals surface area contributed by atoms with Crippen LogP contribution in [0.5, 0.6) is 11.6 Å². The number of benzene rings is 1. The van der Waals surface area contributed by atoms with E-state index < -0.39 is 0 Å². The minimum Gasteiger partial charge on any atom is -0.497 e. The second kappa shape index (κ2) is 8.42. The van der Waals surface area contributed by atoms with E-state index in [-0.39, 0.29) is 6.03 Å². The normalized spacial score (nSPS) is 14.1. The second-order valence-corrected chi connectivity index (χ2v) is 5.89. The molecule has 1 saturated heterocycles. The number of urea groups is 1. The van der Waals surface area contributed by atoms with Gasteiger partial charge in [-0.25, -0.2) is 9.78 Å². The molecule has 0 aliphatic carbocycles. The van der Waals surface area contributed by atoms with Gasteiger partial charge in [0.15, 0.2) is 0 Å². The summed E-state index contributed by atoms with van der Waals surface area (Å²) < 4.78 is 10.6. The van der Waals surface area contributed by atoms with E-state index in [2.05, 4.69) is 15.2 Å². The van der Waals surface area contributed by atoms with Gasteiger partial charge in [-0.1, -0.05) is 0 Å². The highest BCUT2D eigenvalue weighted by Gasteiger charge is 2.22. The molecule has 1 aliphatic rings. The van der Waals surface area contributed by atoms with Crippen LogP contribution in [-0.4, -0.2) is 55.8 Å². The van der Waals surface area contributed by atoms with Gasteiger partial charge in [0.1, 0.15) is 11.4 Å². The van der Waals surface area contributed by atoms with Gasteiger partial charge in [-0.3, -0.25) is 0 Å². The molecule has 2 heterocycles. The molecule has 7 nitrogen and oxygen atoms in total. The number of ether oxygens (including phenoxy) is 2. The zero-order valence-electron chi connectivity index (χ0n) is 15.1. The van der Waals surface area contributed by atoms with Crippen molar-refractivity contribution in [1.29, 1.82) is 0 Å². The monoisotopic (exact) mass is 356 g/mol. The average molecular weight is 356 g/mol. The summed E-state index contributed by atoms with van der Waals surface area (Å²) >= 11 is 0. The van der Waals surface area contributed by atoms with Crippen molar-refractivity contribution >= 4 is 17.4 Å². The number of piperazine rings is 1. The zero-order valence-corrected chi connectivity index (χ0v) is 15.1. The average Bonchev–Trinajstić information content (AvgIpc) is 2.70. The first kappa shape index (κ1) is 17.8.